The molecular formula is C8H15ClN2. The Morgan fingerprint density at radius 2 is 2.00 bits per heavy atom. The molecule has 0 aliphatic heterocycles. The van der Waals surface area contributed by atoms with E-state index in [1.54, 1.807) is 0 Å². The molecule has 2 nitrogen and oxygen atoms in total. The zero-order valence-corrected chi connectivity index (χ0v) is 7.90. The van der Waals surface area contributed by atoms with Gasteiger partial charge in [-0.25, -0.2) is 0 Å². The van der Waals surface area contributed by atoms with Crippen molar-refractivity contribution < 1.29 is 0 Å². The quantitative estimate of drug-likeness (QED) is 0.637. The predicted octanol–water partition coefficient (Wildman–Crippen LogP) is 1.66. The summed E-state index contributed by atoms with van der Waals surface area (Å²) in [6.45, 7) is 0. The van der Waals surface area contributed by atoms with Crippen molar-refractivity contribution in [2.75, 3.05) is 14.1 Å². The Balaban J connectivity index is 0.000001000. The van der Waals surface area contributed by atoms with Crippen molar-refractivity contribution in [3.05, 3.63) is 0 Å². The lowest BCUT2D eigenvalue weighted by Crippen LogP contribution is -2.37. The molecule has 0 heterocycles. The summed E-state index contributed by atoms with van der Waals surface area (Å²) in [5, 5.41) is 8.74. The van der Waals surface area contributed by atoms with Crippen LogP contribution in [0.25, 0.3) is 0 Å². The van der Waals surface area contributed by atoms with Gasteiger partial charge in [0.15, 0.2) is 0 Å². The van der Waals surface area contributed by atoms with Crippen LogP contribution in [0, 0.1) is 17.2 Å². The molecule has 0 saturated heterocycles. The average Bonchev–Trinajstić information content (AvgIpc) is 1.76. The van der Waals surface area contributed by atoms with Crippen molar-refractivity contribution >= 4 is 12.4 Å². The fraction of sp³-hybridized carbons (Fsp3) is 0.875. The molecule has 1 aliphatic rings. The summed E-state index contributed by atoms with van der Waals surface area (Å²) in [5.41, 5.74) is 0. The summed E-state index contributed by atoms with van der Waals surface area (Å²) < 4.78 is 0. The minimum Gasteiger partial charge on any atom is -0.294 e. The monoisotopic (exact) mass is 174 g/mol. The smallest absolute Gasteiger partial charge is 0.100 e. The van der Waals surface area contributed by atoms with Crippen LogP contribution < -0.4 is 0 Å². The Morgan fingerprint density at radius 1 is 1.45 bits per heavy atom. The third-order valence-corrected chi connectivity index (χ3v) is 2.28. The molecule has 1 aliphatic carbocycles. The average molecular weight is 175 g/mol. The highest BCUT2D eigenvalue weighted by Crippen LogP contribution is 2.30. The summed E-state index contributed by atoms with van der Waals surface area (Å²) in [4.78, 5) is 2.02. The Kier molecular flexibility index (Phi) is 4.48. The van der Waals surface area contributed by atoms with Crippen LogP contribution in [-0.4, -0.2) is 25.0 Å². The first-order valence-electron chi connectivity index (χ1n) is 3.81. The van der Waals surface area contributed by atoms with Gasteiger partial charge in [-0.15, -0.1) is 12.4 Å². The summed E-state index contributed by atoms with van der Waals surface area (Å²) in [6, 6.07) is 2.49. The van der Waals surface area contributed by atoms with E-state index in [-0.39, 0.29) is 18.4 Å². The van der Waals surface area contributed by atoms with E-state index in [0.29, 0.717) is 5.92 Å². The molecule has 0 aromatic carbocycles. The lowest BCUT2D eigenvalue weighted by atomic mass is 9.80. The van der Waals surface area contributed by atoms with E-state index in [9.17, 15) is 0 Å². The lowest BCUT2D eigenvalue weighted by molar-refractivity contribution is 0.181. The highest BCUT2D eigenvalue weighted by atomic mass is 35.5. The maximum absolute atomic E-state index is 8.74. The van der Waals surface area contributed by atoms with E-state index in [0.717, 1.165) is 0 Å². The van der Waals surface area contributed by atoms with Crippen molar-refractivity contribution in [3.63, 3.8) is 0 Å². The zero-order valence-electron chi connectivity index (χ0n) is 7.08. The standard InChI is InChI=1S/C8H14N2.ClH/c1-10(2)8(6-9)7-4-3-5-7;/h7-8H,3-5H2,1-2H3;1H. The molecule has 0 spiro atoms. The second-order valence-electron chi connectivity index (χ2n) is 3.23. The Labute approximate surface area is 74.6 Å². The van der Waals surface area contributed by atoms with Crippen LogP contribution >= 0.6 is 12.4 Å². The molecule has 0 aromatic heterocycles. The van der Waals surface area contributed by atoms with Gasteiger partial charge in [-0.2, -0.15) is 5.26 Å². The highest BCUT2D eigenvalue weighted by Gasteiger charge is 2.28. The van der Waals surface area contributed by atoms with Gasteiger partial charge in [0, 0.05) is 0 Å². The Bertz CT molecular complexity index is 147. The summed E-state index contributed by atoms with van der Waals surface area (Å²) in [6.07, 6.45) is 3.81. The molecule has 1 fully saturated rings. The number of hydrogen-bond donors (Lipinski definition) is 0. The SMILES string of the molecule is CN(C)C(C#N)C1CCC1.Cl. The number of halogens is 1. The highest BCUT2D eigenvalue weighted by molar-refractivity contribution is 5.85. The van der Waals surface area contributed by atoms with Gasteiger partial charge in [0.05, 0.1) is 6.07 Å². The van der Waals surface area contributed by atoms with E-state index >= 15 is 0 Å². The largest absolute Gasteiger partial charge is 0.294 e. The molecule has 1 unspecified atom stereocenters. The van der Waals surface area contributed by atoms with E-state index in [1.807, 2.05) is 19.0 Å². The first kappa shape index (κ1) is 10.7. The molecule has 3 heteroatoms. The fourth-order valence-corrected chi connectivity index (χ4v) is 1.40. The summed E-state index contributed by atoms with van der Waals surface area (Å²) >= 11 is 0. The maximum atomic E-state index is 8.74. The van der Waals surface area contributed by atoms with Gasteiger partial charge in [-0.3, -0.25) is 4.90 Å². The van der Waals surface area contributed by atoms with Crippen molar-refractivity contribution in [1.82, 2.24) is 4.90 Å². The van der Waals surface area contributed by atoms with Crippen LogP contribution in [0.1, 0.15) is 19.3 Å². The Hall–Kier alpha value is -0.260. The fourth-order valence-electron chi connectivity index (χ4n) is 1.40. The second-order valence-corrected chi connectivity index (χ2v) is 3.23. The molecule has 0 aromatic rings. The van der Waals surface area contributed by atoms with E-state index in [2.05, 4.69) is 6.07 Å². The molecular weight excluding hydrogens is 160 g/mol. The van der Waals surface area contributed by atoms with Crippen LogP contribution in [0.2, 0.25) is 0 Å². The van der Waals surface area contributed by atoms with Gasteiger partial charge >= 0.3 is 0 Å². The van der Waals surface area contributed by atoms with Crippen LogP contribution in [-0.2, 0) is 0 Å². The molecule has 0 amide bonds. The number of nitrogens with zero attached hydrogens (tertiary/aromatic N) is 2. The first-order chi connectivity index (χ1) is 4.75. The number of hydrogen-bond acceptors (Lipinski definition) is 2. The molecule has 0 radical (unpaired) electrons. The molecule has 11 heavy (non-hydrogen) atoms. The predicted molar refractivity (Wildman–Crippen MR) is 47.7 cm³/mol. The zero-order chi connectivity index (χ0) is 7.56. The summed E-state index contributed by atoms with van der Waals surface area (Å²) in [5.74, 6) is 0.653. The van der Waals surface area contributed by atoms with Crippen LogP contribution in [0.4, 0.5) is 0 Å². The molecule has 0 bridgehead atoms. The van der Waals surface area contributed by atoms with E-state index in [1.165, 1.54) is 19.3 Å². The van der Waals surface area contributed by atoms with Gasteiger partial charge in [0.1, 0.15) is 6.04 Å². The second kappa shape index (κ2) is 4.58. The third-order valence-electron chi connectivity index (χ3n) is 2.28. The maximum Gasteiger partial charge on any atom is 0.100 e. The van der Waals surface area contributed by atoms with Crippen LogP contribution in [0.15, 0.2) is 0 Å². The van der Waals surface area contributed by atoms with E-state index in [4.69, 9.17) is 5.26 Å². The summed E-state index contributed by atoms with van der Waals surface area (Å²) in [7, 11) is 3.96. The molecule has 1 atom stereocenters. The minimum atomic E-state index is 0. The van der Waals surface area contributed by atoms with Gasteiger partial charge in [0.25, 0.3) is 0 Å². The molecule has 0 N–H and O–H groups in total. The van der Waals surface area contributed by atoms with Crippen LogP contribution in [0.5, 0.6) is 0 Å². The normalized spacial score (nSPS) is 19.8. The molecule has 64 valence electrons. The molecule has 1 saturated carbocycles. The number of nitriles is 1. The molecule has 1 rings (SSSR count). The first-order valence-corrected chi connectivity index (χ1v) is 3.81. The van der Waals surface area contributed by atoms with Crippen LogP contribution in [0.3, 0.4) is 0 Å². The van der Waals surface area contributed by atoms with Gasteiger partial charge < -0.3 is 0 Å². The Morgan fingerprint density at radius 3 is 2.09 bits per heavy atom. The van der Waals surface area contributed by atoms with Crippen molar-refractivity contribution in [1.29, 1.82) is 5.26 Å². The van der Waals surface area contributed by atoms with Crippen molar-refractivity contribution in [2.45, 2.75) is 25.3 Å². The van der Waals surface area contributed by atoms with E-state index < -0.39 is 0 Å². The van der Waals surface area contributed by atoms with Crippen molar-refractivity contribution in [2.24, 2.45) is 5.92 Å². The minimum absolute atomic E-state index is 0. The van der Waals surface area contributed by atoms with Gasteiger partial charge in [0.2, 0.25) is 0 Å². The topological polar surface area (TPSA) is 27.0 Å². The van der Waals surface area contributed by atoms with Gasteiger partial charge in [-0.1, -0.05) is 6.42 Å². The lowest BCUT2D eigenvalue weighted by Gasteiger charge is -2.33. The van der Waals surface area contributed by atoms with Crippen molar-refractivity contribution in [3.8, 4) is 6.07 Å². The van der Waals surface area contributed by atoms with Gasteiger partial charge in [-0.05, 0) is 32.9 Å². The third kappa shape index (κ3) is 2.36. The number of rotatable bonds is 2.